The molecule has 0 radical (unpaired) electrons. The fraction of sp³-hybridized carbons (Fsp3) is 0.353. The number of H-pyrrole nitrogens is 1. The second-order valence-electron chi connectivity index (χ2n) is 5.55. The van der Waals surface area contributed by atoms with Crippen molar-refractivity contribution in [3.05, 3.63) is 44.9 Å². The van der Waals surface area contributed by atoms with E-state index in [1.165, 1.54) is 23.3 Å². The standard InChI is InChI=1S/C17H20N2O4S/c1-9-13(10(2)18-14(9)17(22)23-5)15(20)11(3)19(4)16(21)12-7-6-8-24-12/h6-8,11,18H,1-5H3/t11-/m0/s1. The predicted octanol–water partition coefficient (Wildman–Crippen LogP) is 2.82. The summed E-state index contributed by atoms with van der Waals surface area (Å²) in [5, 5.41) is 1.82. The predicted molar refractivity (Wildman–Crippen MR) is 91.8 cm³/mol. The van der Waals surface area contributed by atoms with Crippen LogP contribution in [0.4, 0.5) is 0 Å². The molecule has 0 aliphatic heterocycles. The summed E-state index contributed by atoms with van der Waals surface area (Å²) in [4.78, 5) is 41.9. The van der Waals surface area contributed by atoms with Crippen molar-refractivity contribution >= 4 is 29.0 Å². The molecule has 0 saturated heterocycles. The normalized spacial score (nSPS) is 11.9. The van der Waals surface area contributed by atoms with Gasteiger partial charge in [0.05, 0.1) is 18.0 Å². The second kappa shape index (κ2) is 7.00. The number of aromatic amines is 1. The van der Waals surface area contributed by atoms with Crippen molar-refractivity contribution in [3.63, 3.8) is 0 Å². The van der Waals surface area contributed by atoms with Gasteiger partial charge >= 0.3 is 5.97 Å². The molecule has 2 aromatic heterocycles. The number of hydrogen-bond donors (Lipinski definition) is 1. The summed E-state index contributed by atoms with van der Waals surface area (Å²) in [6.45, 7) is 5.09. The molecule has 0 saturated carbocycles. The molecule has 1 atom stereocenters. The highest BCUT2D eigenvalue weighted by Gasteiger charge is 2.29. The van der Waals surface area contributed by atoms with Gasteiger partial charge in [-0.05, 0) is 37.8 Å². The number of thiophene rings is 1. The number of likely N-dealkylation sites (N-methyl/N-ethyl adjacent to an activating group) is 1. The van der Waals surface area contributed by atoms with E-state index in [1.807, 2.05) is 5.38 Å². The molecule has 24 heavy (non-hydrogen) atoms. The largest absolute Gasteiger partial charge is 0.464 e. The van der Waals surface area contributed by atoms with E-state index in [2.05, 4.69) is 4.98 Å². The number of amides is 1. The maximum atomic E-state index is 12.9. The summed E-state index contributed by atoms with van der Waals surface area (Å²) in [7, 11) is 2.89. The van der Waals surface area contributed by atoms with Crippen LogP contribution in [0.25, 0.3) is 0 Å². The van der Waals surface area contributed by atoms with Crippen molar-refractivity contribution in [1.82, 2.24) is 9.88 Å². The van der Waals surface area contributed by atoms with Crippen LogP contribution >= 0.6 is 11.3 Å². The Morgan fingerprint density at radius 1 is 1.29 bits per heavy atom. The zero-order chi connectivity index (χ0) is 18.0. The van der Waals surface area contributed by atoms with Gasteiger partial charge < -0.3 is 14.6 Å². The highest BCUT2D eigenvalue weighted by Crippen LogP contribution is 2.22. The molecular weight excluding hydrogens is 328 g/mol. The Morgan fingerprint density at radius 3 is 2.50 bits per heavy atom. The van der Waals surface area contributed by atoms with Crippen LogP contribution in [0.2, 0.25) is 0 Å². The lowest BCUT2D eigenvalue weighted by atomic mass is 10.00. The Balaban J connectivity index is 2.30. The first kappa shape index (κ1) is 17.9. The Morgan fingerprint density at radius 2 is 1.96 bits per heavy atom. The van der Waals surface area contributed by atoms with Crippen LogP contribution in [0.15, 0.2) is 17.5 Å². The number of rotatable bonds is 5. The fourth-order valence-corrected chi connectivity index (χ4v) is 3.27. The van der Waals surface area contributed by atoms with Crippen molar-refractivity contribution in [3.8, 4) is 0 Å². The number of nitrogens with zero attached hydrogens (tertiary/aromatic N) is 1. The molecule has 0 bridgehead atoms. The number of ketones is 1. The van der Waals surface area contributed by atoms with Crippen LogP contribution in [0, 0.1) is 13.8 Å². The first-order chi connectivity index (χ1) is 11.3. The summed E-state index contributed by atoms with van der Waals surface area (Å²) in [6.07, 6.45) is 0. The molecule has 0 aliphatic rings. The van der Waals surface area contributed by atoms with Crippen molar-refractivity contribution in [2.24, 2.45) is 0 Å². The molecule has 0 spiro atoms. The zero-order valence-electron chi connectivity index (χ0n) is 14.3. The van der Waals surface area contributed by atoms with Crippen LogP contribution in [0.5, 0.6) is 0 Å². The quantitative estimate of drug-likeness (QED) is 0.666. The van der Waals surface area contributed by atoms with E-state index in [4.69, 9.17) is 4.74 Å². The maximum Gasteiger partial charge on any atom is 0.354 e. The van der Waals surface area contributed by atoms with Gasteiger partial charge in [-0.2, -0.15) is 0 Å². The minimum atomic E-state index is -0.654. The van der Waals surface area contributed by atoms with E-state index in [-0.39, 0.29) is 17.4 Å². The van der Waals surface area contributed by atoms with E-state index < -0.39 is 12.0 Å². The number of ether oxygens (including phenoxy) is 1. The Bertz CT molecular complexity index is 777. The molecular formula is C17H20N2O4S. The third kappa shape index (κ3) is 3.12. The van der Waals surface area contributed by atoms with E-state index in [1.54, 1.807) is 40.0 Å². The van der Waals surface area contributed by atoms with Gasteiger partial charge in [0.15, 0.2) is 5.78 Å². The molecule has 6 nitrogen and oxygen atoms in total. The number of aryl methyl sites for hydroxylation is 1. The number of carbonyl (C=O) groups excluding carboxylic acids is 3. The van der Waals surface area contributed by atoms with Gasteiger partial charge in [-0.15, -0.1) is 11.3 Å². The highest BCUT2D eigenvalue weighted by atomic mass is 32.1. The lowest BCUT2D eigenvalue weighted by Crippen LogP contribution is -2.40. The molecule has 0 aromatic carbocycles. The van der Waals surface area contributed by atoms with E-state index in [0.29, 0.717) is 21.7 Å². The molecule has 2 heterocycles. The van der Waals surface area contributed by atoms with Gasteiger partial charge in [-0.3, -0.25) is 9.59 Å². The molecule has 1 amide bonds. The number of esters is 1. The Hall–Kier alpha value is -2.41. The zero-order valence-corrected chi connectivity index (χ0v) is 15.1. The second-order valence-corrected chi connectivity index (χ2v) is 6.50. The van der Waals surface area contributed by atoms with Crippen LogP contribution in [0.3, 0.4) is 0 Å². The Labute approximate surface area is 144 Å². The highest BCUT2D eigenvalue weighted by molar-refractivity contribution is 7.12. The number of hydrogen-bond acceptors (Lipinski definition) is 5. The summed E-state index contributed by atoms with van der Waals surface area (Å²) in [5.74, 6) is -0.945. The molecule has 7 heteroatoms. The van der Waals surface area contributed by atoms with E-state index >= 15 is 0 Å². The van der Waals surface area contributed by atoms with E-state index in [9.17, 15) is 14.4 Å². The first-order valence-corrected chi connectivity index (χ1v) is 8.29. The van der Waals surface area contributed by atoms with Crippen molar-refractivity contribution in [2.45, 2.75) is 26.8 Å². The summed E-state index contributed by atoms with van der Waals surface area (Å²) in [5.41, 5.74) is 1.81. The topological polar surface area (TPSA) is 79.5 Å². The molecule has 2 aromatic rings. The Kier molecular flexibility index (Phi) is 5.23. The van der Waals surface area contributed by atoms with Gasteiger partial charge in [0.1, 0.15) is 5.69 Å². The van der Waals surface area contributed by atoms with E-state index in [0.717, 1.165) is 0 Å². The number of nitrogens with one attached hydrogen (secondary N) is 1. The maximum absolute atomic E-state index is 12.9. The number of methoxy groups -OCH3 is 1. The van der Waals surface area contributed by atoms with Gasteiger partial charge in [0.25, 0.3) is 5.91 Å². The first-order valence-electron chi connectivity index (χ1n) is 7.41. The summed E-state index contributed by atoms with van der Waals surface area (Å²) >= 11 is 1.33. The smallest absolute Gasteiger partial charge is 0.354 e. The third-order valence-electron chi connectivity index (χ3n) is 4.09. The number of carbonyl (C=O) groups is 3. The van der Waals surface area contributed by atoms with Crippen molar-refractivity contribution in [1.29, 1.82) is 0 Å². The number of aromatic nitrogens is 1. The van der Waals surface area contributed by atoms with Crippen LogP contribution in [-0.4, -0.2) is 47.7 Å². The van der Waals surface area contributed by atoms with Crippen LogP contribution < -0.4 is 0 Å². The fourth-order valence-electron chi connectivity index (χ4n) is 2.56. The monoisotopic (exact) mass is 348 g/mol. The average molecular weight is 348 g/mol. The number of Topliss-reactive ketones (excluding diaryl/α,β-unsaturated/α-hetero) is 1. The SMILES string of the molecule is COC(=O)c1[nH]c(C)c(C(=O)[C@H](C)N(C)C(=O)c2cccs2)c1C. The summed E-state index contributed by atoms with van der Waals surface area (Å²) < 4.78 is 4.72. The molecule has 128 valence electrons. The van der Waals surface area contributed by atoms with Crippen molar-refractivity contribution in [2.75, 3.05) is 14.2 Å². The third-order valence-corrected chi connectivity index (χ3v) is 4.94. The lowest BCUT2D eigenvalue weighted by molar-refractivity contribution is 0.0593. The summed E-state index contributed by atoms with van der Waals surface area (Å²) in [6, 6.07) is 2.86. The molecule has 1 N–H and O–H groups in total. The average Bonchev–Trinajstić information content (AvgIpc) is 3.20. The minimum absolute atomic E-state index is 0.204. The van der Waals surface area contributed by atoms with Gasteiger partial charge in [0, 0.05) is 18.3 Å². The minimum Gasteiger partial charge on any atom is -0.464 e. The van der Waals surface area contributed by atoms with Gasteiger partial charge in [0.2, 0.25) is 0 Å². The van der Waals surface area contributed by atoms with Crippen molar-refractivity contribution < 1.29 is 19.1 Å². The van der Waals surface area contributed by atoms with Gasteiger partial charge in [-0.25, -0.2) is 4.79 Å². The van der Waals surface area contributed by atoms with Gasteiger partial charge in [-0.1, -0.05) is 6.07 Å². The molecule has 0 fully saturated rings. The van der Waals surface area contributed by atoms with Crippen LogP contribution in [0.1, 0.15) is 48.7 Å². The molecule has 0 unspecified atom stereocenters. The lowest BCUT2D eigenvalue weighted by Gasteiger charge is -2.23. The van der Waals surface area contributed by atoms with Crippen LogP contribution in [-0.2, 0) is 4.74 Å². The molecule has 2 rings (SSSR count). The molecule has 0 aliphatic carbocycles.